The number of hydrazone groups is 1. The summed E-state index contributed by atoms with van der Waals surface area (Å²) in [6.07, 6.45) is 3.47. The van der Waals surface area contributed by atoms with Crippen LogP contribution in [0.15, 0.2) is 53.8 Å². The van der Waals surface area contributed by atoms with Crippen molar-refractivity contribution in [2.45, 2.75) is 6.54 Å². The van der Waals surface area contributed by atoms with E-state index in [0.29, 0.717) is 17.2 Å². The maximum atomic E-state index is 12.6. The largest absolute Gasteiger partial charge is 0.454 e. The summed E-state index contributed by atoms with van der Waals surface area (Å²) in [6, 6.07) is 13.0. The minimum absolute atomic E-state index is 0.0862. The Morgan fingerprint density at radius 3 is 2.93 bits per heavy atom. The van der Waals surface area contributed by atoms with Crippen molar-refractivity contribution in [3.63, 3.8) is 0 Å². The highest BCUT2D eigenvalue weighted by atomic mass is 32.1. The van der Waals surface area contributed by atoms with E-state index >= 15 is 0 Å². The number of anilines is 1. The lowest BCUT2D eigenvalue weighted by molar-refractivity contribution is -0.116. The number of hydrogen-bond donors (Lipinski definition) is 3. The molecule has 9 heteroatoms. The zero-order valence-electron chi connectivity index (χ0n) is 14.7. The van der Waals surface area contributed by atoms with Gasteiger partial charge in [0.15, 0.2) is 16.6 Å². The lowest BCUT2D eigenvalue weighted by Gasteiger charge is -2.08. The summed E-state index contributed by atoms with van der Waals surface area (Å²) in [5.74, 6) is 1.13. The molecule has 0 fully saturated rings. The summed E-state index contributed by atoms with van der Waals surface area (Å²) in [6.45, 7) is 0.335. The van der Waals surface area contributed by atoms with Crippen LogP contribution in [-0.4, -0.2) is 28.6 Å². The Balaban J connectivity index is 1.53. The predicted molar refractivity (Wildman–Crippen MR) is 111 cm³/mol. The van der Waals surface area contributed by atoms with Gasteiger partial charge in [0.25, 0.3) is 0 Å². The first-order valence-corrected chi connectivity index (χ1v) is 8.87. The molecule has 142 valence electrons. The number of hydrogen-bond acceptors (Lipinski definition) is 5. The minimum atomic E-state index is -0.163. The van der Waals surface area contributed by atoms with E-state index in [-0.39, 0.29) is 24.4 Å². The summed E-state index contributed by atoms with van der Waals surface area (Å²) in [5, 5.41) is 7.93. The normalized spacial score (nSPS) is 12.4. The molecule has 8 nitrogen and oxygen atoms in total. The van der Waals surface area contributed by atoms with Gasteiger partial charge in [-0.25, -0.2) is 0 Å². The number of thiocarbonyl (C=S) groups is 1. The predicted octanol–water partition coefficient (Wildman–Crippen LogP) is 2.18. The van der Waals surface area contributed by atoms with Gasteiger partial charge < -0.3 is 25.1 Å². The molecular formula is C19H17N5O3S. The van der Waals surface area contributed by atoms with Crippen molar-refractivity contribution in [2.75, 3.05) is 12.1 Å². The van der Waals surface area contributed by atoms with Crippen LogP contribution in [0.1, 0.15) is 5.56 Å². The van der Waals surface area contributed by atoms with Crippen molar-refractivity contribution >= 4 is 46.0 Å². The molecule has 3 aromatic rings. The Kier molecular flexibility index (Phi) is 4.81. The Bertz CT molecular complexity index is 1090. The third-order valence-electron chi connectivity index (χ3n) is 4.17. The average molecular weight is 395 g/mol. The molecule has 2 aromatic carbocycles. The van der Waals surface area contributed by atoms with Gasteiger partial charge in [0.1, 0.15) is 6.54 Å². The maximum absolute atomic E-state index is 12.6. The number of ether oxygens (including phenoxy) is 2. The molecule has 0 saturated carbocycles. The molecule has 0 aliphatic carbocycles. The molecule has 0 unspecified atom stereocenters. The fourth-order valence-corrected chi connectivity index (χ4v) is 3.06. The summed E-state index contributed by atoms with van der Waals surface area (Å²) in [5.41, 5.74) is 10.3. The number of nitrogens with two attached hydrogens (primary N) is 1. The number of carbonyl (C=O) groups is 1. The lowest BCUT2D eigenvalue weighted by atomic mass is 10.2. The van der Waals surface area contributed by atoms with Gasteiger partial charge in [0, 0.05) is 34.4 Å². The molecule has 4 N–H and O–H groups in total. The molecule has 0 radical (unpaired) electrons. The second kappa shape index (κ2) is 7.57. The van der Waals surface area contributed by atoms with E-state index in [0.717, 1.165) is 16.5 Å². The number of nitrogens with zero attached hydrogens (tertiary/aromatic N) is 2. The second-order valence-electron chi connectivity index (χ2n) is 6.08. The smallest absolute Gasteiger partial charge is 0.244 e. The molecular weight excluding hydrogens is 378 g/mol. The van der Waals surface area contributed by atoms with E-state index in [2.05, 4.69) is 15.8 Å². The van der Waals surface area contributed by atoms with Gasteiger partial charge in [-0.1, -0.05) is 18.2 Å². The number of para-hydroxylation sites is 1. The van der Waals surface area contributed by atoms with Gasteiger partial charge in [0.2, 0.25) is 12.7 Å². The zero-order valence-corrected chi connectivity index (χ0v) is 15.5. The van der Waals surface area contributed by atoms with Crippen LogP contribution >= 0.6 is 12.2 Å². The van der Waals surface area contributed by atoms with Gasteiger partial charge in [-0.3, -0.25) is 10.2 Å². The van der Waals surface area contributed by atoms with E-state index in [1.165, 1.54) is 0 Å². The standard InChI is InChI=1S/C19H17N5O3S/c20-19(28)23-21-8-12-9-24(15-4-2-1-3-14(12)15)10-18(25)22-13-5-6-16-17(7-13)27-11-26-16/h1-9H,10-11H2,(H,22,25)(H3,20,23,28)/b21-8+. The fraction of sp³-hybridized carbons (Fsp3) is 0.105. The van der Waals surface area contributed by atoms with Crippen LogP contribution < -0.4 is 25.9 Å². The van der Waals surface area contributed by atoms with Crippen LogP contribution in [0.2, 0.25) is 0 Å². The molecule has 1 amide bonds. The number of rotatable bonds is 5. The zero-order chi connectivity index (χ0) is 19.5. The van der Waals surface area contributed by atoms with Crippen LogP contribution in [0, 0.1) is 0 Å². The quantitative estimate of drug-likeness (QED) is 0.348. The van der Waals surface area contributed by atoms with Gasteiger partial charge >= 0.3 is 0 Å². The molecule has 1 aromatic heterocycles. The number of aromatic nitrogens is 1. The first-order valence-electron chi connectivity index (χ1n) is 8.46. The Morgan fingerprint density at radius 2 is 2.07 bits per heavy atom. The van der Waals surface area contributed by atoms with Crippen molar-refractivity contribution < 1.29 is 14.3 Å². The molecule has 0 spiro atoms. The van der Waals surface area contributed by atoms with E-state index in [1.807, 2.05) is 35.0 Å². The molecule has 1 aliphatic heterocycles. The van der Waals surface area contributed by atoms with Crippen molar-refractivity contribution in [2.24, 2.45) is 10.8 Å². The van der Waals surface area contributed by atoms with Gasteiger partial charge in [-0.2, -0.15) is 5.10 Å². The van der Waals surface area contributed by atoms with E-state index < -0.39 is 0 Å². The van der Waals surface area contributed by atoms with Crippen LogP contribution in [-0.2, 0) is 11.3 Å². The minimum Gasteiger partial charge on any atom is -0.454 e. The fourth-order valence-electron chi connectivity index (χ4n) is 3.00. The summed E-state index contributed by atoms with van der Waals surface area (Å²) < 4.78 is 12.5. The number of carbonyl (C=O) groups excluding carboxylic acids is 1. The van der Waals surface area contributed by atoms with Crippen molar-refractivity contribution in [3.8, 4) is 11.5 Å². The first kappa shape index (κ1) is 17.8. The van der Waals surface area contributed by atoms with Gasteiger partial charge in [-0.05, 0) is 30.4 Å². The number of amides is 1. The van der Waals surface area contributed by atoms with Crippen molar-refractivity contribution in [1.82, 2.24) is 9.99 Å². The SMILES string of the molecule is NC(=S)N/N=C/c1cn(CC(=O)Nc2ccc3c(c2)OCO3)c2ccccc12. The Labute approximate surface area is 165 Å². The third-order valence-corrected chi connectivity index (χ3v) is 4.26. The Hall–Kier alpha value is -3.59. The van der Waals surface area contributed by atoms with E-state index in [1.54, 1.807) is 24.4 Å². The number of nitrogens with one attached hydrogen (secondary N) is 2. The number of benzene rings is 2. The summed E-state index contributed by atoms with van der Waals surface area (Å²) in [4.78, 5) is 12.6. The third kappa shape index (κ3) is 3.74. The van der Waals surface area contributed by atoms with Crippen LogP contribution in [0.4, 0.5) is 5.69 Å². The van der Waals surface area contributed by atoms with Crippen molar-refractivity contribution in [1.29, 1.82) is 0 Å². The monoisotopic (exact) mass is 395 g/mol. The van der Waals surface area contributed by atoms with Crippen LogP contribution in [0.3, 0.4) is 0 Å². The molecule has 2 heterocycles. The summed E-state index contributed by atoms with van der Waals surface area (Å²) >= 11 is 4.74. The molecule has 4 rings (SSSR count). The second-order valence-corrected chi connectivity index (χ2v) is 6.52. The van der Waals surface area contributed by atoms with E-state index in [9.17, 15) is 4.79 Å². The molecule has 0 saturated heterocycles. The van der Waals surface area contributed by atoms with Crippen LogP contribution in [0.5, 0.6) is 11.5 Å². The molecule has 0 atom stereocenters. The molecule has 1 aliphatic rings. The highest BCUT2D eigenvalue weighted by molar-refractivity contribution is 7.80. The average Bonchev–Trinajstić information content (AvgIpc) is 3.26. The Morgan fingerprint density at radius 1 is 1.25 bits per heavy atom. The molecule has 0 bridgehead atoms. The number of fused-ring (bicyclic) bond motifs is 2. The maximum Gasteiger partial charge on any atom is 0.244 e. The summed E-state index contributed by atoms with van der Waals surface area (Å²) in [7, 11) is 0. The highest BCUT2D eigenvalue weighted by Crippen LogP contribution is 2.34. The van der Waals surface area contributed by atoms with Crippen LogP contribution in [0.25, 0.3) is 10.9 Å². The first-order chi connectivity index (χ1) is 13.6. The highest BCUT2D eigenvalue weighted by Gasteiger charge is 2.15. The lowest BCUT2D eigenvalue weighted by Crippen LogP contribution is -2.23. The van der Waals surface area contributed by atoms with Gasteiger partial charge in [0.05, 0.1) is 6.21 Å². The van der Waals surface area contributed by atoms with Gasteiger partial charge in [-0.15, -0.1) is 0 Å². The molecule has 28 heavy (non-hydrogen) atoms. The van der Waals surface area contributed by atoms with Crippen molar-refractivity contribution in [3.05, 3.63) is 54.2 Å². The topological polar surface area (TPSA) is 103 Å². The van der Waals surface area contributed by atoms with E-state index in [4.69, 9.17) is 27.4 Å².